The predicted molar refractivity (Wildman–Crippen MR) is 69.6 cm³/mol. The van der Waals surface area contributed by atoms with Crippen LogP contribution in [0.25, 0.3) is 0 Å². The van der Waals surface area contributed by atoms with Crippen LogP contribution in [0.5, 0.6) is 0 Å². The third-order valence-corrected chi connectivity index (χ3v) is 3.51. The fraction of sp³-hybridized carbons (Fsp3) is 0.667. The van der Waals surface area contributed by atoms with E-state index < -0.39 is 0 Å². The fourth-order valence-corrected chi connectivity index (χ4v) is 2.43. The van der Waals surface area contributed by atoms with Crippen LogP contribution >= 0.6 is 15.9 Å². The molecule has 1 aliphatic carbocycles. The van der Waals surface area contributed by atoms with Crippen molar-refractivity contribution in [3.05, 3.63) is 16.5 Å². The monoisotopic (exact) mass is 283 g/mol. The van der Waals surface area contributed by atoms with Crippen molar-refractivity contribution in [2.24, 2.45) is 0 Å². The molecule has 1 aromatic heterocycles. The number of anilines is 1. The van der Waals surface area contributed by atoms with Crippen LogP contribution in [0.3, 0.4) is 0 Å². The Hall–Kier alpha value is -0.640. The first kappa shape index (κ1) is 11.8. The lowest BCUT2D eigenvalue weighted by molar-refractivity contribution is 0.305. The van der Waals surface area contributed by atoms with Gasteiger partial charge >= 0.3 is 0 Å². The molecule has 16 heavy (non-hydrogen) atoms. The number of aromatic nitrogens is 2. The predicted octanol–water partition coefficient (Wildman–Crippen LogP) is 3.55. The standard InChI is InChI=1S/C12H18BrN3/c1-3-5-10-14-9(13)8-11(15-10)16-12(2)6-4-7-12/h8H,3-7H2,1-2H3,(H,14,15,16). The van der Waals surface area contributed by atoms with E-state index in [1.807, 2.05) is 6.07 Å². The largest absolute Gasteiger partial charge is 0.365 e. The first-order valence-corrected chi connectivity index (χ1v) is 6.72. The van der Waals surface area contributed by atoms with Gasteiger partial charge in [0.2, 0.25) is 0 Å². The molecule has 1 N–H and O–H groups in total. The van der Waals surface area contributed by atoms with Gasteiger partial charge in [-0.2, -0.15) is 0 Å². The maximum Gasteiger partial charge on any atom is 0.132 e. The molecule has 0 atom stereocenters. The summed E-state index contributed by atoms with van der Waals surface area (Å²) in [5, 5.41) is 3.51. The van der Waals surface area contributed by atoms with Gasteiger partial charge in [-0.15, -0.1) is 0 Å². The Morgan fingerprint density at radius 2 is 2.19 bits per heavy atom. The van der Waals surface area contributed by atoms with E-state index in [1.54, 1.807) is 0 Å². The van der Waals surface area contributed by atoms with Gasteiger partial charge in [-0.05, 0) is 48.5 Å². The quantitative estimate of drug-likeness (QED) is 0.859. The average Bonchev–Trinajstić information content (AvgIpc) is 2.14. The SMILES string of the molecule is CCCc1nc(Br)cc(NC2(C)CCC2)n1. The number of rotatable bonds is 4. The maximum atomic E-state index is 4.54. The van der Waals surface area contributed by atoms with Crippen LogP contribution in [0.15, 0.2) is 10.7 Å². The van der Waals surface area contributed by atoms with E-state index in [-0.39, 0.29) is 5.54 Å². The summed E-state index contributed by atoms with van der Waals surface area (Å²) in [4.78, 5) is 8.90. The minimum absolute atomic E-state index is 0.247. The Morgan fingerprint density at radius 1 is 1.44 bits per heavy atom. The second-order valence-electron chi connectivity index (χ2n) is 4.78. The third kappa shape index (κ3) is 2.73. The van der Waals surface area contributed by atoms with E-state index in [2.05, 4.69) is 45.1 Å². The summed E-state index contributed by atoms with van der Waals surface area (Å²) in [7, 11) is 0. The normalized spacial score (nSPS) is 17.9. The molecule has 0 saturated heterocycles. The Labute approximate surface area is 105 Å². The molecule has 88 valence electrons. The summed E-state index contributed by atoms with van der Waals surface area (Å²) >= 11 is 3.44. The van der Waals surface area contributed by atoms with Crippen LogP contribution in [0.1, 0.15) is 45.4 Å². The number of hydrogen-bond acceptors (Lipinski definition) is 3. The second kappa shape index (κ2) is 4.70. The van der Waals surface area contributed by atoms with E-state index >= 15 is 0 Å². The Kier molecular flexibility index (Phi) is 3.47. The van der Waals surface area contributed by atoms with Crippen molar-refractivity contribution in [3.8, 4) is 0 Å². The molecule has 0 amide bonds. The van der Waals surface area contributed by atoms with Gasteiger partial charge in [0.05, 0.1) is 0 Å². The van der Waals surface area contributed by atoms with Crippen molar-refractivity contribution in [1.29, 1.82) is 0 Å². The van der Waals surface area contributed by atoms with Crippen molar-refractivity contribution in [3.63, 3.8) is 0 Å². The fourth-order valence-electron chi connectivity index (χ4n) is 2.01. The molecule has 0 spiro atoms. The number of nitrogens with zero attached hydrogens (tertiary/aromatic N) is 2. The molecule has 1 fully saturated rings. The average molecular weight is 284 g/mol. The Balaban J connectivity index is 2.13. The second-order valence-corrected chi connectivity index (χ2v) is 5.59. The van der Waals surface area contributed by atoms with Crippen molar-refractivity contribution in [2.75, 3.05) is 5.32 Å². The highest BCUT2D eigenvalue weighted by Crippen LogP contribution is 2.34. The van der Waals surface area contributed by atoms with Crippen LogP contribution in [0.2, 0.25) is 0 Å². The first-order valence-electron chi connectivity index (χ1n) is 5.93. The summed E-state index contributed by atoms with van der Waals surface area (Å²) < 4.78 is 0.872. The van der Waals surface area contributed by atoms with Crippen LogP contribution in [-0.2, 0) is 6.42 Å². The lowest BCUT2D eigenvalue weighted by atomic mass is 9.78. The zero-order valence-electron chi connectivity index (χ0n) is 9.89. The van der Waals surface area contributed by atoms with E-state index in [1.165, 1.54) is 19.3 Å². The number of halogens is 1. The van der Waals surface area contributed by atoms with Gasteiger partial charge in [0, 0.05) is 18.0 Å². The third-order valence-electron chi connectivity index (χ3n) is 3.10. The lowest BCUT2D eigenvalue weighted by Gasteiger charge is -2.39. The van der Waals surface area contributed by atoms with Gasteiger partial charge < -0.3 is 5.32 Å². The van der Waals surface area contributed by atoms with Crippen molar-refractivity contribution in [2.45, 2.75) is 51.5 Å². The zero-order chi connectivity index (χ0) is 11.6. The summed E-state index contributed by atoms with van der Waals surface area (Å²) in [6, 6.07) is 1.96. The highest BCUT2D eigenvalue weighted by molar-refractivity contribution is 9.10. The maximum absolute atomic E-state index is 4.54. The van der Waals surface area contributed by atoms with Crippen LogP contribution in [0.4, 0.5) is 5.82 Å². The van der Waals surface area contributed by atoms with E-state index in [4.69, 9.17) is 0 Å². The molecule has 0 aromatic carbocycles. The van der Waals surface area contributed by atoms with Crippen LogP contribution < -0.4 is 5.32 Å². The molecule has 1 aromatic rings. The van der Waals surface area contributed by atoms with E-state index in [0.29, 0.717) is 0 Å². The van der Waals surface area contributed by atoms with Crippen molar-refractivity contribution in [1.82, 2.24) is 9.97 Å². The van der Waals surface area contributed by atoms with E-state index in [0.717, 1.165) is 29.1 Å². The van der Waals surface area contributed by atoms with Crippen molar-refractivity contribution >= 4 is 21.7 Å². The van der Waals surface area contributed by atoms with Gasteiger partial charge in [0.25, 0.3) is 0 Å². The summed E-state index contributed by atoms with van der Waals surface area (Å²) in [5.74, 6) is 1.87. The van der Waals surface area contributed by atoms with Gasteiger partial charge in [-0.1, -0.05) is 6.92 Å². The molecule has 4 heteroatoms. The summed E-state index contributed by atoms with van der Waals surface area (Å²) in [6.07, 6.45) is 5.80. The van der Waals surface area contributed by atoms with Gasteiger partial charge in [-0.3, -0.25) is 0 Å². The summed E-state index contributed by atoms with van der Waals surface area (Å²) in [5.41, 5.74) is 0.247. The Morgan fingerprint density at radius 3 is 2.75 bits per heavy atom. The molecule has 2 rings (SSSR count). The minimum Gasteiger partial charge on any atom is -0.365 e. The Bertz CT molecular complexity index is 375. The highest BCUT2D eigenvalue weighted by atomic mass is 79.9. The van der Waals surface area contributed by atoms with Gasteiger partial charge in [-0.25, -0.2) is 9.97 Å². The van der Waals surface area contributed by atoms with Gasteiger partial charge in [0.1, 0.15) is 16.2 Å². The van der Waals surface area contributed by atoms with Crippen LogP contribution in [-0.4, -0.2) is 15.5 Å². The molecule has 0 radical (unpaired) electrons. The smallest absolute Gasteiger partial charge is 0.132 e. The van der Waals surface area contributed by atoms with Crippen molar-refractivity contribution < 1.29 is 0 Å². The molecule has 1 aliphatic rings. The topological polar surface area (TPSA) is 37.8 Å². The highest BCUT2D eigenvalue weighted by Gasteiger charge is 2.31. The summed E-state index contributed by atoms with van der Waals surface area (Å²) in [6.45, 7) is 4.40. The molecule has 1 heterocycles. The molecular formula is C12H18BrN3. The molecule has 3 nitrogen and oxygen atoms in total. The lowest BCUT2D eigenvalue weighted by Crippen LogP contribution is -2.41. The minimum atomic E-state index is 0.247. The zero-order valence-corrected chi connectivity index (χ0v) is 11.5. The molecule has 0 aliphatic heterocycles. The first-order chi connectivity index (χ1) is 7.61. The molecule has 0 bridgehead atoms. The number of nitrogens with one attached hydrogen (secondary N) is 1. The number of hydrogen-bond donors (Lipinski definition) is 1. The van der Waals surface area contributed by atoms with Gasteiger partial charge in [0.15, 0.2) is 0 Å². The number of aryl methyl sites for hydroxylation is 1. The van der Waals surface area contributed by atoms with E-state index in [9.17, 15) is 0 Å². The molecule has 1 saturated carbocycles. The van der Waals surface area contributed by atoms with Crippen LogP contribution in [0, 0.1) is 0 Å². The molecular weight excluding hydrogens is 266 g/mol. The molecule has 0 unspecified atom stereocenters.